The summed E-state index contributed by atoms with van der Waals surface area (Å²) in [5, 5.41) is 0. The summed E-state index contributed by atoms with van der Waals surface area (Å²) < 4.78 is 82.1. The van der Waals surface area contributed by atoms with Crippen molar-refractivity contribution in [3.8, 4) is 0 Å². The summed E-state index contributed by atoms with van der Waals surface area (Å²) in [4.78, 5) is 0. The fourth-order valence-electron chi connectivity index (χ4n) is 3.06. The Balaban J connectivity index is 0. The van der Waals surface area contributed by atoms with E-state index in [-0.39, 0.29) is 19.1 Å². The van der Waals surface area contributed by atoms with Gasteiger partial charge in [0.25, 0.3) is 0 Å². The zero-order valence-corrected chi connectivity index (χ0v) is 21.2. The van der Waals surface area contributed by atoms with Gasteiger partial charge in [0.05, 0.1) is 13.2 Å². The van der Waals surface area contributed by atoms with E-state index in [1.165, 1.54) is 6.42 Å². The van der Waals surface area contributed by atoms with Gasteiger partial charge in [-0.1, -0.05) is 85.6 Å². The Kier molecular flexibility index (Phi) is 20.1. The predicted octanol–water partition coefficient (Wildman–Crippen LogP) is 9.64. The van der Waals surface area contributed by atoms with Gasteiger partial charge in [0.1, 0.15) is 0 Å². The molecule has 0 radical (unpaired) electrons. The van der Waals surface area contributed by atoms with Crippen molar-refractivity contribution in [1.82, 2.24) is 0 Å². The molecule has 2 nitrogen and oxygen atoms in total. The number of hydrogen-bond donors (Lipinski definition) is 0. The van der Waals surface area contributed by atoms with Crippen LogP contribution in [0.2, 0.25) is 0 Å². The van der Waals surface area contributed by atoms with Crippen LogP contribution in [0.3, 0.4) is 0 Å². The van der Waals surface area contributed by atoms with Gasteiger partial charge in [0, 0.05) is 0 Å². The van der Waals surface area contributed by atoms with Crippen LogP contribution >= 0.6 is 0 Å². The average Bonchev–Trinajstić information content (AvgIpc) is 2.69. The quantitative estimate of drug-likeness (QED) is 0.114. The van der Waals surface area contributed by atoms with Crippen LogP contribution in [0.15, 0.2) is 12.3 Å². The molecule has 2 unspecified atom stereocenters. The molecule has 0 rings (SSSR count). The molecule has 2 atom stereocenters. The van der Waals surface area contributed by atoms with Gasteiger partial charge < -0.3 is 9.47 Å². The number of hydrogen-bond acceptors (Lipinski definition) is 2. The van der Waals surface area contributed by atoms with E-state index in [0.29, 0.717) is 12.3 Å². The Morgan fingerprint density at radius 2 is 1.33 bits per heavy atom. The first-order valence-electron chi connectivity index (χ1n) is 12.3. The number of ether oxygens (including phenoxy) is 2. The van der Waals surface area contributed by atoms with Gasteiger partial charge >= 0.3 is 12.4 Å². The molecule has 0 aromatic rings. The lowest BCUT2D eigenvalue weighted by atomic mass is 9.97. The third-order valence-corrected chi connectivity index (χ3v) is 5.22. The smallest absolute Gasteiger partial charge is 0.448 e. The maximum Gasteiger partial charge on any atom is 0.448 e. The van der Waals surface area contributed by atoms with Crippen molar-refractivity contribution in [1.29, 1.82) is 0 Å². The molecule has 0 aliphatic carbocycles. The summed E-state index contributed by atoms with van der Waals surface area (Å²) in [6.45, 7) is 12.8. The van der Waals surface area contributed by atoms with Crippen LogP contribution in [0.5, 0.6) is 0 Å². The second kappa shape index (κ2) is 19.4. The van der Waals surface area contributed by atoms with E-state index >= 15 is 0 Å². The maximum absolute atomic E-state index is 12.3. The van der Waals surface area contributed by atoms with Crippen molar-refractivity contribution in [3.05, 3.63) is 12.3 Å². The van der Waals surface area contributed by atoms with E-state index in [4.69, 9.17) is 4.74 Å². The Hall–Kier alpha value is -0.920. The largest absolute Gasteiger partial charge is 0.489 e. The van der Waals surface area contributed by atoms with E-state index in [2.05, 4.69) is 39.0 Å². The second-order valence-electron chi connectivity index (χ2n) is 9.03. The highest BCUT2D eigenvalue weighted by Gasteiger charge is 2.37. The summed E-state index contributed by atoms with van der Waals surface area (Å²) in [6, 6.07) is 0. The number of allylic oxidation sites excluding steroid dienone is 1. The normalized spacial score (nSPS) is 13.9. The van der Waals surface area contributed by atoms with Crippen molar-refractivity contribution in [3.63, 3.8) is 0 Å². The van der Waals surface area contributed by atoms with Gasteiger partial charge in [-0.3, -0.25) is 0 Å². The van der Waals surface area contributed by atoms with Crippen LogP contribution in [0.4, 0.5) is 26.3 Å². The Bertz CT molecular complexity index is 461. The predicted molar refractivity (Wildman–Crippen MR) is 123 cm³/mol. The monoisotopic (exact) mass is 492 g/mol. The molecule has 8 heteroatoms. The van der Waals surface area contributed by atoms with Crippen LogP contribution in [0.25, 0.3) is 0 Å². The number of halogens is 6. The summed E-state index contributed by atoms with van der Waals surface area (Å²) in [5.74, 6) is -0.118. The summed E-state index contributed by atoms with van der Waals surface area (Å²) in [5.41, 5.74) is 0. The molecule has 0 saturated heterocycles. The van der Waals surface area contributed by atoms with Crippen molar-refractivity contribution in [2.24, 2.45) is 11.8 Å². The Morgan fingerprint density at radius 1 is 0.758 bits per heavy atom. The maximum atomic E-state index is 12.3. The molecule has 0 heterocycles. The molecule has 0 spiro atoms. The molecular formula is C25H46F6O2. The van der Waals surface area contributed by atoms with Gasteiger partial charge in [-0.15, -0.1) is 0 Å². The minimum atomic E-state index is -4.42. The van der Waals surface area contributed by atoms with Crippen LogP contribution < -0.4 is 0 Å². The first-order valence-corrected chi connectivity index (χ1v) is 12.3. The van der Waals surface area contributed by atoms with Crippen molar-refractivity contribution < 1.29 is 35.8 Å². The van der Waals surface area contributed by atoms with Crippen molar-refractivity contribution in [2.45, 2.75) is 124 Å². The first-order chi connectivity index (χ1) is 15.3. The van der Waals surface area contributed by atoms with Gasteiger partial charge in [-0.25, -0.2) is 0 Å². The minimum absolute atomic E-state index is 0.111. The number of alkyl halides is 6. The highest BCUT2D eigenvalue weighted by molar-refractivity contribution is 4.91. The first kappa shape index (κ1) is 34.2. The van der Waals surface area contributed by atoms with Gasteiger partial charge in [-0.05, 0) is 38.0 Å². The molecule has 0 amide bonds. The van der Waals surface area contributed by atoms with Crippen LogP contribution in [-0.2, 0) is 9.47 Å². The molecule has 0 aliphatic rings. The standard InChI is InChI=1S/C13H25F3O.C12H21F3O/c1-4-6-7-9-12(8-5-2)10-17-11(3)13(14,15)16;1-10(2)8-6-4-5-7-9-16-11(3)12(13,14)15/h11-12H,4-10H2,1-3H3;10H,3-9H2,1-2H3. The fourth-order valence-corrected chi connectivity index (χ4v) is 3.06. The minimum Gasteiger partial charge on any atom is -0.489 e. The topological polar surface area (TPSA) is 18.5 Å². The van der Waals surface area contributed by atoms with Crippen LogP contribution in [0.1, 0.15) is 105 Å². The Morgan fingerprint density at radius 3 is 1.82 bits per heavy atom. The SMILES string of the molecule is C=C(OCCCCCCC(C)C)C(F)(F)F.CCCCCC(CCC)COC(C)C(F)(F)F. The van der Waals surface area contributed by atoms with E-state index in [0.717, 1.165) is 64.7 Å². The molecule has 200 valence electrons. The summed E-state index contributed by atoms with van der Waals surface area (Å²) >= 11 is 0. The number of unbranched alkanes of at least 4 members (excludes halogenated alkanes) is 5. The van der Waals surface area contributed by atoms with E-state index in [9.17, 15) is 26.3 Å². The molecule has 0 aromatic heterocycles. The van der Waals surface area contributed by atoms with Crippen LogP contribution in [-0.4, -0.2) is 31.7 Å². The molecular weight excluding hydrogens is 446 g/mol. The summed E-state index contributed by atoms with van der Waals surface area (Å²) in [6.07, 6.45) is 0.949. The van der Waals surface area contributed by atoms with Crippen LogP contribution in [0, 0.1) is 11.8 Å². The van der Waals surface area contributed by atoms with Gasteiger partial charge in [-0.2, -0.15) is 26.3 Å². The second-order valence-corrected chi connectivity index (χ2v) is 9.03. The molecule has 0 saturated carbocycles. The molecule has 0 aromatic carbocycles. The zero-order valence-electron chi connectivity index (χ0n) is 21.2. The third-order valence-electron chi connectivity index (χ3n) is 5.22. The van der Waals surface area contributed by atoms with Crippen molar-refractivity contribution in [2.75, 3.05) is 13.2 Å². The van der Waals surface area contributed by atoms with Gasteiger partial charge in [0.2, 0.25) is 0 Å². The zero-order chi connectivity index (χ0) is 25.9. The highest BCUT2D eigenvalue weighted by Crippen LogP contribution is 2.25. The van der Waals surface area contributed by atoms with E-state index < -0.39 is 24.2 Å². The molecule has 33 heavy (non-hydrogen) atoms. The lowest BCUT2D eigenvalue weighted by molar-refractivity contribution is -0.217. The van der Waals surface area contributed by atoms with Gasteiger partial charge in [0.15, 0.2) is 11.9 Å². The molecule has 0 N–H and O–H groups in total. The third kappa shape index (κ3) is 22.6. The van der Waals surface area contributed by atoms with Crippen molar-refractivity contribution >= 4 is 0 Å². The van der Waals surface area contributed by atoms with E-state index in [1.807, 2.05) is 0 Å². The molecule has 0 fully saturated rings. The number of rotatable bonds is 17. The molecule has 0 bridgehead atoms. The highest BCUT2D eigenvalue weighted by atomic mass is 19.4. The lowest BCUT2D eigenvalue weighted by Crippen LogP contribution is -2.30. The van der Waals surface area contributed by atoms with E-state index in [1.54, 1.807) is 0 Å². The summed E-state index contributed by atoms with van der Waals surface area (Å²) in [7, 11) is 0. The fraction of sp³-hybridized carbons (Fsp3) is 0.920. The Labute approximate surface area is 197 Å². The lowest BCUT2D eigenvalue weighted by Gasteiger charge is -2.21. The average molecular weight is 493 g/mol. The molecule has 0 aliphatic heterocycles.